The van der Waals surface area contributed by atoms with E-state index < -0.39 is 11.9 Å². The van der Waals surface area contributed by atoms with Gasteiger partial charge < -0.3 is 29.9 Å². The van der Waals surface area contributed by atoms with Crippen molar-refractivity contribution < 1.29 is 56.6 Å². The Balaban J connectivity index is -0.000000370. The Labute approximate surface area is 187 Å². The zero-order chi connectivity index (χ0) is 23.7. The van der Waals surface area contributed by atoms with Gasteiger partial charge in [-0.1, -0.05) is 0 Å². The van der Waals surface area contributed by atoms with Crippen molar-refractivity contribution >= 4 is 23.3 Å². The molecule has 12 nitrogen and oxygen atoms in total. The van der Waals surface area contributed by atoms with Gasteiger partial charge in [0.1, 0.15) is 34.4 Å². The molecule has 0 bridgehead atoms. The summed E-state index contributed by atoms with van der Waals surface area (Å²) in [5, 5.41) is 38.1. The van der Waals surface area contributed by atoms with Crippen LogP contribution in [0.2, 0.25) is 0 Å². The second-order valence-corrected chi connectivity index (χ2v) is 4.93. The molecule has 31 heavy (non-hydrogen) atoms. The fourth-order valence-corrected chi connectivity index (χ4v) is 1.41. The number of carboxylic acids is 2. The van der Waals surface area contributed by atoms with E-state index in [1.807, 2.05) is 0 Å². The van der Waals surface area contributed by atoms with Gasteiger partial charge in [0.15, 0.2) is 0 Å². The Morgan fingerprint density at radius 3 is 1.16 bits per heavy atom. The van der Waals surface area contributed by atoms with E-state index in [2.05, 4.69) is 10.4 Å². The molecule has 0 saturated carbocycles. The molecule has 0 unspecified atom stereocenters. The minimum absolute atomic E-state index is 0. The van der Waals surface area contributed by atoms with E-state index in [0.717, 1.165) is 13.8 Å². The summed E-state index contributed by atoms with van der Waals surface area (Å²) in [6, 6.07) is 8.54. The second kappa shape index (κ2) is 18.3. The summed E-state index contributed by atoms with van der Waals surface area (Å²) in [5.41, 5.74) is 0.0385. The van der Waals surface area contributed by atoms with Gasteiger partial charge in [-0.05, 0) is 34.6 Å². The molecule has 2 aromatic carbocycles. The van der Waals surface area contributed by atoms with E-state index in [9.17, 15) is 9.81 Å². The molecule has 0 aromatic heterocycles. The van der Waals surface area contributed by atoms with Crippen molar-refractivity contribution in [2.45, 2.75) is 13.8 Å². The number of rotatable bonds is 4. The monoisotopic (exact) mass is 489 g/mol. The summed E-state index contributed by atoms with van der Waals surface area (Å²) < 4.78 is 9.58. The Morgan fingerprint density at radius 1 is 0.742 bits per heavy atom. The van der Waals surface area contributed by atoms with Crippen LogP contribution in [0.1, 0.15) is 13.8 Å². The first-order valence-electron chi connectivity index (χ1n) is 7.82. The molecular weight excluding hydrogens is 468 g/mol. The number of benzene rings is 2. The number of nitroso groups, excluding NO2 is 2. The van der Waals surface area contributed by atoms with E-state index >= 15 is 0 Å². The van der Waals surface area contributed by atoms with Crippen molar-refractivity contribution in [3.05, 3.63) is 46.2 Å². The number of carboxylic acid groups (broad SMARTS) is 2. The number of hydrogen-bond donors (Lipinski definition) is 4. The predicted molar refractivity (Wildman–Crippen MR) is 107 cm³/mol. The van der Waals surface area contributed by atoms with Gasteiger partial charge >= 0.3 is 0 Å². The van der Waals surface area contributed by atoms with Gasteiger partial charge in [0.25, 0.3) is 11.9 Å². The maximum Gasteiger partial charge on any atom is 0.300 e. The molecule has 1 radical (unpaired) electrons. The van der Waals surface area contributed by atoms with Crippen LogP contribution < -0.4 is 9.47 Å². The molecule has 0 saturated heterocycles. The topological polar surface area (TPSA) is 192 Å². The second-order valence-electron chi connectivity index (χ2n) is 4.93. The fraction of sp³-hybridized carbons (Fsp3) is 0.222. The van der Waals surface area contributed by atoms with Crippen LogP contribution in [-0.4, -0.2) is 46.6 Å². The summed E-state index contributed by atoms with van der Waals surface area (Å²) in [6.07, 6.45) is 0. The van der Waals surface area contributed by atoms with Crippen LogP contribution in [0, 0.1) is 9.81 Å². The summed E-state index contributed by atoms with van der Waals surface area (Å²) in [4.78, 5) is 38.0. The molecule has 2 rings (SSSR count). The molecule has 13 heteroatoms. The van der Waals surface area contributed by atoms with Crippen LogP contribution in [0.15, 0.2) is 46.8 Å². The molecule has 0 aliphatic heterocycles. The summed E-state index contributed by atoms with van der Waals surface area (Å²) >= 11 is 0. The first-order valence-corrected chi connectivity index (χ1v) is 7.82. The average Bonchev–Trinajstić information content (AvgIpc) is 2.67. The Morgan fingerprint density at radius 2 is 1.00 bits per heavy atom. The zero-order valence-electron chi connectivity index (χ0n) is 16.9. The number of nitrogens with zero attached hydrogens (tertiary/aromatic N) is 2. The molecule has 0 heterocycles. The zero-order valence-corrected chi connectivity index (χ0v) is 17.8. The number of carbonyl (C=O) groups is 2. The molecule has 0 aliphatic carbocycles. The molecule has 4 N–H and O–H groups in total. The fourth-order valence-electron chi connectivity index (χ4n) is 1.41. The minimum atomic E-state index is -0.833. The summed E-state index contributed by atoms with van der Waals surface area (Å²) in [5.74, 6) is -1.01. The van der Waals surface area contributed by atoms with Crippen molar-refractivity contribution in [1.29, 1.82) is 0 Å². The van der Waals surface area contributed by atoms with Gasteiger partial charge in [0.2, 0.25) is 0 Å². The molecule has 0 spiro atoms. The summed E-state index contributed by atoms with van der Waals surface area (Å²) in [7, 11) is 2.95. The minimum Gasteiger partial charge on any atom is -0.505 e. The van der Waals surface area contributed by atoms with Gasteiger partial charge in [0, 0.05) is 43.0 Å². The third kappa shape index (κ3) is 16.9. The van der Waals surface area contributed by atoms with Crippen molar-refractivity contribution in [3.63, 3.8) is 0 Å². The van der Waals surface area contributed by atoms with E-state index in [4.69, 9.17) is 39.5 Å². The van der Waals surface area contributed by atoms with E-state index in [0.29, 0.717) is 11.5 Å². The van der Waals surface area contributed by atoms with Crippen molar-refractivity contribution in [2.24, 2.45) is 10.4 Å². The molecule has 0 aliphatic rings. The van der Waals surface area contributed by atoms with Crippen LogP contribution in [0.25, 0.3) is 0 Å². The average molecular weight is 490 g/mol. The standard InChI is InChI=1S/2C7H7NO3.2C2H4O2.Cu/c2*1-11-5-2-3-6(8-10)7(9)4-5;2*1-2(3)4;/h2*2-4,9H,1H3;2*1H3,(H,3,4);. The van der Waals surface area contributed by atoms with Gasteiger partial charge in [-0.25, -0.2) is 0 Å². The van der Waals surface area contributed by atoms with Crippen molar-refractivity contribution in [3.8, 4) is 23.0 Å². The Hall–Kier alpha value is -3.70. The SMILES string of the molecule is CC(=O)O.CC(=O)O.COc1ccc(N=O)c(O)c1.COc1ccc(N=O)c(O)c1.[Cu]. The number of aromatic hydroxyl groups is 2. The van der Waals surface area contributed by atoms with E-state index in [1.165, 1.54) is 38.5 Å². The smallest absolute Gasteiger partial charge is 0.300 e. The van der Waals surface area contributed by atoms with Crippen LogP contribution in [-0.2, 0) is 26.7 Å². The number of phenolic OH excluding ortho intramolecular Hbond substituents is 2. The Kier molecular flexibility index (Phi) is 18.9. The number of phenols is 2. The van der Waals surface area contributed by atoms with Crippen molar-refractivity contribution in [1.82, 2.24) is 0 Å². The molecule has 0 fully saturated rings. The number of methoxy groups -OCH3 is 2. The maximum absolute atomic E-state index is 9.98. The van der Waals surface area contributed by atoms with Gasteiger partial charge in [-0.15, -0.1) is 9.81 Å². The molecule has 175 valence electrons. The molecule has 0 atom stereocenters. The number of aliphatic carboxylic acids is 2. The van der Waals surface area contributed by atoms with Crippen LogP contribution in [0.5, 0.6) is 23.0 Å². The van der Waals surface area contributed by atoms with Gasteiger partial charge in [-0.3, -0.25) is 9.59 Å². The van der Waals surface area contributed by atoms with Crippen LogP contribution >= 0.6 is 0 Å². The first kappa shape index (κ1) is 32.0. The van der Waals surface area contributed by atoms with Gasteiger partial charge in [0.05, 0.1) is 14.2 Å². The van der Waals surface area contributed by atoms with E-state index in [1.54, 1.807) is 12.1 Å². The number of ether oxygens (including phenoxy) is 2. The first-order chi connectivity index (χ1) is 14.0. The number of hydrogen-bond acceptors (Lipinski definition) is 10. The maximum atomic E-state index is 9.98. The van der Waals surface area contributed by atoms with Crippen LogP contribution in [0.4, 0.5) is 11.4 Å². The predicted octanol–water partition coefficient (Wildman–Crippen LogP) is 3.78. The largest absolute Gasteiger partial charge is 0.505 e. The Bertz CT molecular complexity index is 769. The molecule has 0 amide bonds. The van der Waals surface area contributed by atoms with E-state index in [-0.39, 0.29) is 39.9 Å². The third-order valence-corrected chi connectivity index (χ3v) is 2.56. The van der Waals surface area contributed by atoms with Crippen molar-refractivity contribution in [2.75, 3.05) is 14.2 Å². The van der Waals surface area contributed by atoms with Gasteiger partial charge in [-0.2, -0.15) is 0 Å². The normalized spacial score (nSPS) is 8.13. The van der Waals surface area contributed by atoms with Crippen LogP contribution in [0.3, 0.4) is 0 Å². The summed E-state index contributed by atoms with van der Waals surface area (Å²) in [6.45, 7) is 2.17. The quantitative estimate of drug-likeness (QED) is 0.362. The third-order valence-electron chi connectivity index (χ3n) is 2.56. The molecular formula is C18H22CuN2O10. The molecule has 2 aromatic rings.